The summed E-state index contributed by atoms with van der Waals surface area (Å²) in [5.74, 6) is -2.07. The third-order valence-corrected chi connectivity index (χ3v) is 4.28. The lowest BCUT2D eigenvalue weighted by molar-refractivity contribution is 0.0693. The maximum Gasteiger partial charge on any atom is 0.410 e. The number of hydrogen-bond donors (Lipinski definition) is 4. The number of fused-ring (bicyclic) bond motifs is 2. The van der Waals surface area contributed by atoms with Gasteiger partial charge in [-0.15, -0.1) is 5.10 Å². The number of aromatic carboxylic acids is 1. The van der Waals surface area contributed by atoms with Gasteiger partial charge in [0.05, 0.1) is 17.2 Å². The quantitative estimate of drug-likeness (QED) is 0.439. The van der Waals surface area contributed by atoms with Crippen molar-refractivity contribution in [2.75, 3.05) is 5.32 Å². The molecule has 0 radical (unpaired) electrons. The van der Waals surface area contributed by atoms with E-state index in [1.54, 1.807) is 18.3 Å². The van der Waals surface area contributed by atoms with E-state index in [-0.39, 0.29) is 16.9 Å². The third kappa shape index (κ3) is 2.54. The van der Waals surface area contributed by atoms with Crippen LogP contribution >= 0.6 is 0 Å². The molecule has 0 atom stereocenters. The molecule has 136 valence electrons. The molecule has 3 aromatic heterocycles. The Balaban J connectivity index is 1.96. The Morgan fingerprint density at radius 2 is 2.07 bits per heavy atom. The highest BCUT2D eigenvalue weighted by atomic mass is 19.1. The first kappa shape index (κ1) is 16.5. The number of anilines is 1. The number of halogens is 1. The normalized spacial score (nSPS) is 11.2. The fraction of sp³-hybridized carbons (Fsp3) is 0.0588. The Kier molecular flexibility index (Phi) is 3.55. The van der Waals surface area contributed by atoms with Gasteiger partial charge in [-0.05, 0) is 35.7 Å². The monoisotopic (exact) mass is 369 g/mol. The number of aromatic amines is 1. The van der Waals surface area contributed by atoms with E-state index in [0.29, 0.717) is 22.0 Å². The Morgan fingerprint density at radius 1 is 1.30 bits per heavy atom. The molecule has 0 fully saturated rings. The van der Waals surface area contributed by atoms with E-state index in [9.17, 15) is 19.1 Å². The number of rotatable bonds is 3. The smallest absolute Gasteiger partial charge is 0.410 e. The summed E-state index contributed by atoms with van der Waals surface area (Å²) in [7, 11) is 0. The number of hydrogen-bond acceptors (Lipinski definition) is 4. The summed E-state index contributed by atoms with van der Waals surface area (Å²) in [6.45, 7) is 1.50. The van der Waals surface area contributed by atoms with Crippen molar-refractivity contribution < 1.29 is 24.2 Å². The molecule has 1 amide bonds. The summed E-state index contributed by atoms with van der Waals surface area (Å²) in [5.41, 5.74) is 1.51. The molecule has 0 unspecified atom stereocenters. The van der Waals surface area contributed by atoms with Crippen LogP contribution in [-0.4, -0.2) is 42.1 Å². The zero-order valence-electron chi connectivity index (χ0n) is 13.8. The average Bonchev–Trinajstić information content (AvgIpc) is 3.20. The van der Waals surface area contributed by atoms with Crippen molar-refractivity contribution in [1.82, 2.24) is 19.8 Å². The van der Waals surface area contributed by atoms with Crippen molar-refractivity contribution in [3.63, 3.8) is 0 Å². The molecule has 27 heavy (non-hydrogen) atoms. The van der Waals surface area contributed by atoms with Crippen molar-refractivity contribution in [2.45, 2.75) is 6.92 Å². The van der Waals surface area contributed by atoms with E-state index >= 15 is 0 Å². The molecular formula is C17H12FN5O4. The van der Waals surface area contributed by atoms with Crippen molar-refractivity contribution in [1.29, 1.82) is 0 Å². The van der Waals surface area contributed by atoms with Crippen LogP contribution in [0.5, 0.6) is 0 Å². The predicted molar refractivity (Wildman–Crippen MR) is 93.6 cm³/mol. The van der Waals surface area contributed by atoms with E-state index in [4.69, 9.17) is 5.11 Å². The summed E-state index contributed by atoms with van der Waals surface area (Å²) in [4.78, 5) is 22.2. The minimum atomic E-state index is -1.38. The lowest BCUT2D eigenvalue weighted by Crippen LogP contribution is -2.07. The zero-order chi connectivity index (χ0) is 19.3. The number of benzene rings is 1. The van der Waals surface area contributed by atoms with Crippen LogP contribution in [0.25, 0.3) is 27.5 Å². The van der Waals surface area contributed by atoms with Gasteiger partial charge < -0.3 is 10.2 Å². The maximum absolute atomic E-state index is 14.7. The highest BCUT2D eigenvalue weighted by molar-refractivity contribution is 6.08. The van der Waals surface area contributed by atoms with Gasteiger partial charge in [-0.2, -0.15) is 5.10 Å². The third-order valence-electron chi connectivity index (χ3n) is 4.28. The Morgan fingerprint density at radius 3 is 2.78 bits per heavy atom. The van der Waals surface area contributed by atoms with Crippen molar-refractivity contribution >= 4 is 34.3 Å². The molecule has 1 aromatic carbocycles. The van der Waals surface area contributed by atoms with Gasteiger partial charge in [0, 0.05) is 17.6 Å². The van der Waals surface area contributed by atoms with Crippen LogP contribution in [0.1, 0.15) is 15.9 Å². The van der Waals surface area contributed by atoms with E-state index in [1.165, 1.54) is 23.7 Å². The number of amides is 1. The first-order chi connectivity index (χ1) is 12.9. The first-order valence-electron chi connectivity index (χ1n) is 7.75. The molecule has 4 aromatic rings. The van der Waals surface area contributed by atoms with Crippen LogP contribution in [-0.2, 0) is 0 Å². The van der Waals surface area contributed by atoms with Crippen LogP contribution in [0.3, 0.4) is 0 Å². The van der Waals surface area contributed by atoms with Gasteiger partial charge in [0.25, 0.3) is 0 Å². The fourth-order valence-electron chi connectivity index (χ4n) is 3.17. The molecule has 0 aliphatic heterocycles. The average molecular weight is 369 g/mol. The van der Waals surface area contributed by atoms with Gasteiger partial charge in [0.1, 0.15) is 11.4 Å². The predicted octanol–water partition coefficient (Wildman–Crippen LogP) is 3.11. The van der Waals surface area contributed by atoms with Gasteiger partial charge in [0.15, 0.2) is 5.82 Å². The zero-order valence-corrected chi connectivity index (χ0v) is 13.8. The minimum Gasteiger partial charge on any atom is -0.478 e. The van der Waals surface area contributed by atoms with Gasteiger partial charge in [-0.3, -0.25) is 10.4 Å². The first-order valence-corrected chi connectivity index (χ1v) is 7.75. The van der Waals surface area contributed by atoms with Gasteiger partial charge in [-0.25, -0.2) is 18.5 Å². The second kappa shape index (κ2) is 5.80. The number of H-pyrrole nitrogens is 1. The molecule has 0 spiro atoms. The van der Waals surface area contributed by atoms with Gasteiger partial charge in [-0.1, -0.05) is 0 Å². The number of carboxylic acid groups (broad SMARTS) is 2. The second-order valence-electron chi connectivity index (χ2n) is 5.90. The number of nitrogens with zero attached hydrogens (tertiary/aromatic N) is 3. The number of pyridine rings is 1. The van der Waals surface area contributed by atoms with Crippen molar-refractivity contribution in [3.8, 4) is 11.1 Å². The fourth-order valence-corrected chi connectivity index (χ4v) is 3.17. The summed E-state index contributed by atoms with van der Waals surface area (Å²) < 4.78 is 16.2. The number of carboxylic acids is 1. The topological polar surface area (TPSA) is 133 Å². The molecule has 0 bridgehead atoms. The molecule has 0 aliphatic rings. The molecule has 10 heteroatoms. The number of nitrogens with one attached hydrogen (secondary N) is 2. The molecule has 0 saturated heterocycles. The van der Waals surface area contributed by atoms with E-state index < -0.39 is 23.4 Å². The lowest BCUT2D eigenvalue weighted by Gasteiger charge is -2.12. The van der Waals surface area contributed by atoms with Crippen LogP contribution in [0.15, 0.2) is 30.6 Å². The molecule has 3 heterocycles. The van der Waals surface area contributed by atoms with Crippen LogP contribution in [0.2, 0.25) is 0 Å². The minimum absolute atomic E-state index is 0.0993. The second-order valence-corrected chi connectivity index (χ2v) is 5.90. The van der Waals surface area contributed by atoms with E-state index in [1.807, 2.05) is 0 Å². The SMILES string of the molecule is Cc1c(F)c(C(=O)O)c2[nH]ncc2c1-c1ccn2nc(NC(=O)O)cc2c1. The van der Waals surface area contributed by atoms with E-state index in [0.717, 1.165) is 0 Å². The van der Waals surface area contributed by atoms with Gasteiger partial charge in [0.2, 0.25) is 0 Å². The van der Waals surface area contributed by atoms with Gasteiger partial charge >= 0.3 is 12.1 Å². The lowest BCUT2D eigenvalue weighted by atomic mass is 9.94. The molecule has 0 saturated carbocycles. The summed E-state index contributed by atoms with van der Waals surface area (Å²) in [6, 6.07) is 4.91. The molecule has 4 N–H and O–H groups in total. The summed E-state index contributed by atoms with van der Waals surface area (Å²) in [6.07, 6.45) is 1.81. The largest absolute Gasteiger partial charge is 0.478 e. The molecule has 4 rings (SSSR count). The highest BCUT2D eigenvalue weighted by Crippen LogP contribution is 2.36. The standard InChI is InChI=1S/C17H12FN5O4/c1-7-12(10-6-19-21-15(10)13(14(7)18)16(24)25)8-2-3-23-9(4-8)5-11(22-23)20-17(26)27/h2-6H,1H3,(H,19,21)(H,20,22)(H,24,25)(H,26,27). The van der Waals surface area contributed by atoms with Crippen molar-refractivity contribution in [2.24, 2.45) is 0 Å². The highest BCUT2D eigenvalue weighted by Gasteiger charge is 2.24. The van der Waals surface area contributed by atoms with E-state index in [2.05, 4.69) is 20.6 Å². The Labute approximate surface area is 150 Å². The van der Waals surface area contributed by atoms with Crippen LogP contribution < -0.4 is 5.32 Å². The number of carbonyl (C=O) groups is 2. The van der Waals surface area contributed by atoms with Crippen LogP contribution in [0.4, 0.5) is 15.0 Å². The molecule has 9 nitrogen and oxygen atoms in total. The molecule has 0 aliphatic carbocycles. The summed E-state index contributed by atoms with van der Waals surface area (Å²) in [5, 5.41) is 31.2. The van der Waals surface area contributed by atoms with Crippen molar-refractivity contribution in [3.05, 3.63) is 47.5 Å². The molecular weight excluding hydrogens is 357 g/mol. The van der Waals surface area contributed by atoms with Crippen LogP contribution in [0, 0.1) is 12.7 Å². The Bertz CT molecular complexity index is 1240. The summed E-state index contributed by atoms with van der Waals surface area (Å²) >= 11 is 0. The number of aromatic nitrogens is 4. The Hall–Kier alpha value is -3.95. The maximum atomic E-state index is 14.7.